The number of hydrogen-bond acceptors (Lipinski definition) is 5. The Bertz CT molecular complexity index is 1060. The lowest BCUT2D eigenvalue weighted by Crippen LogP contribution is -2.25. The molecule has 1 aromatic heterocycles. The fraction of sp³-hybridized carbons (Fsp3) is 0.190. The predicted molar refractivity (Wildman–Crippen MR) is 118 cm³/mol. The zero-order chi connectivity index (χ0) is 20.8. The van der Waals surface area contributed by atoms with Crippen molar-refractivity contribution in [1.29, 1.82) is 0 Å². The summed E-state index contributed by atoms with van der Waals surface area (Å²) in [5, 5.41) is 3.16. The molecule has 1 unspecified atom stereocenters. The number of carbonyl (C=O) groups excluding carboxylic acids is 1. The molecule has 8 heteroatoms. The molecule has 3 rings (SSSR count). The van der Waals surface area contributed by atoms with Gasteiger partial charge >= 0.3 is 0 Å². The molecule has 150 valence electrons. The van der Waals surface area contributed by atoms with Crippen molar-refractivity contribution in [1.82, 2.24) is 9.55 Å². The lowest BCUT2D eigenvalue weighted by Gasteiger charge is -2.17. The first-order valence-electron chi connectivity index (χ1n) is 9.07. The van der Waals surface area contributed by atoms with Crippen molar-refractivity contribution >= 4 is 40.8 Å². The Morgan fingerprint density at radius 2 is 1.90 bits per heavy atom. The van der Waals surface area contributed by atoms with E-state index in [1.807, 2.05) is 30.3 Å². The van der Waals surface area contributed by atoms with Crippen molar-refractivity contribution in [2.45, 2.75) is 30.3 Å². The zero-order valence-corrected chi connectivity index (χ0v) is 17.4. The lowest BCUT2D eigenvalue weighted by molar-refractivity contribution is -0.115. The molecule has 0 aliphatic carbocycles. The van der Waals surface area contributed by atoms with E-state index < -0.39 is 10.8 Å². The van der Waals surface area contributed by atoms with Gasteiger partial charge in [0.2, 0.25) is 5.91 Å². The van der Waals surface area contributed by atoms with Gasteiger partial charge in [0.1, 0.15) is 5.82 Å². The highest BCUT2D eigenvalue weighted by atomic mass is 35.5. The van der Waals surface area contributed by atoms with Crippen LogP contribution in [-0.4, -0.2) is 20.7 Å². The second kappa shape index (κ2) is 9.62. The van der Waals surface area contributed by atoms with E-state index in [0.29, 0.717) is 28.2 Å². The summed E-state index contributed by atoms with van der Waals surface area (Å²) in [6, 6.07) is 18.3. The number of amides is 1. The minimum Gasteiger partial charge on any atom is -0.385 e. The van der Waals surface area contributed by atoms with Crippen LogP contribution in [0, 0.1) is 0 Å². The summed E-state index contributed by atoms with van der Waals surface area (Å²) in [7, 11) is 0. The molecule has 0 spiro atoms. The highest BCUT2D eigenvalue weighted by Gasteiger charge is 2.19. The Balaban J connectivity index is 1.76. The Hall–Kier alpha value is -2.77. The maximum Gasteiger partial charge on any atom is 0.275 e. The van der Waals surface area contributed by atoms with Crippen molar-refractivity contribution in [3.63, 3.8) is 0 Å². The number of carbonyl (C=O) groups is 1. The number of aromatic nitrogens is 2. The molecular weight excluding hydrogens is 408 g/mol. The first-order chi connectivity index (χ1) is 13.9. The second-order valence-electron chi connectivity index (χ2n) is 6.42. The van der Waals surface area contributed by atoms with Crippen LogP contribution >= 0.6 is 23.4 Å². The van der Waals surface area contributed by atoms with Gasteiger partial charge in [0.25, 0.3) is 5.56 Å². The zero-order valence-electron chi connectivity index (χ0n) is 15.8. The van der Waals surface area contributed by atoms with Gasteiger partial charge in [0, 0.05) is 12.6 Å². The SMILES string of the molecule is CC(Sc1nc(=O)cc(N)n1CCc1ccccc1)C(=O)Nc1ccccc1Cl. The van der Waals surface area contributed by atoms with E-state index in [1.165, 1.54) is 17.8 Å². The van der Waals surface area contributed by atoms with E-state index >= 15 is 0 Å². The summed E-state index contributed by atoms with van der Waals surface area (Å²) in [4.78, 5) is 28.6. The third-order valence-corrected chi connectivity index (χ3v) is 5.69. The molecule has 3 N–H and O–H groups in total. The molecular formula is C21H21ClN4O2S. The molecule has 1 atom stereocenters. The first-order valence-corrected chi connectivity index (χ1v) is 10.3. The molecule has 0 bridgehead atoms. The highest BCUT2D eigenvalue weighted by molar-refractivity contribution is 8.00. The van der Waals surface area contributed by atoms with Crippen LogP contribution in [-0.2, 0) is 17.8 Å². The molecule has 1 heterocycles. The van der Waals surface area contributed by atoms with Gasteiger partial charge in [-0.3, -0.25) is 9.59 Å². The smallest absolute Gasteiger partial charge is 0.275 e. The summed E-state index contributed by atoms with van der Waals surface area (Å²) < 4.78 is 1.76. The summed E-state index contributed by atoms with van der Waals surface area (Å²) in [6.45, 7) is 2.29. The van der Waals surface area contributed by atoms with Crippen LogP contribution in [0.5, 0.6) is 0 Å². The van der Waals surface area contributed by atoms with Gasteiger partial charge in [-0.2, -0.15) is 4.98 Å². The van der Waals surface area contributed by atoms with E-state index in [1.54, 1.807) is 35.8 Å². The van der Waals surface area contributed by atoms with Crippen molar-refractivity contribution in [2.24, 2.45) is 0 Å². The maximum atomic E-state index is 12.6. The average molecular weight is 429 g/mol. The van der Waals surface area contributed by atoms with Crippen LogP contribution in [0.3, 0.4) is 0 Å². The second-order valence-corrected chi connectivity index (χ2v) is 8.13. The number of anilines is 2. The molecule has 29 heavy (non-hydrogen) atoms. The van der Waals surface area contributed by atoms with Crippen molar-refractivity contribution < 1.29 is 4.79 Å². The van der Waals surface area contributed by atoms with Crippen LogP contribution in [0.1, 0.15) is 12.5 Å². The lowest BCUT2D eigenvalue weighted by atomic mass is 10.1. The van der Waals surface area contributed by atoms with Crippen LogP contribution < -0.4 is 16.6 Å². The summed E-state index contributed by atoms with van der Waals surface area (Å²) in [5.41, 5.74) is 7.32. The fourth-order valence-electron chi connectivity index (χ4n) is 2.71. The van der Waals surface area contributed by atoms with E-state index in [2.05, 4.69) is 10.3 Å². The number of thioether (sulfide) groups is 1. The molecule has 3 aromatic rings. The van der Waals surface area contributed by atoms with Gasteiger partial charge in [-0.05, 0) is 31.0 Å². The molecule has 0 saturated heterocycles. The number of nitrogens with two attached hydrogens (primary N) is 1. The summed E-state index contributed by atoms with van der Waals surface area (Å²) in [5.74, 6) is 0.0801. The van der Waals surface area contributed by atoms with Gasteiger partial charge in [-0.1, -0.05) is 65.8 Å². The van der Waals surface area contributed by atoms with Crippen molar-refractivity contribution in [2.75, 3.05) is 11.1 Å². The minimum atomic E-state index is -0.511. The van der Waals surface area contributed by atoms with E-state index in [9.17, 15) is 9.59 Å². The van der Waals surface area contributed by atoms with E-state index in [-0.39, 0.29) is 5.91 Å². The highest BCUT2D eigenvalue weighted by Crippen LogP contribution is 2.26. The van der Waals surface area contributed by atoms with E-state index in [4.69, 9.17) is 17.3 Å². The largest absolute Gasteiger partial charge is 0.385 e. The number of nitrogen functional groups attached to an aromatic ring is 1. The summed E-state index contributed by atoms with van der Waals surface area (Å²) >= 11 is 7.29. The van der Waals surface area contributed by atoms with Gasteiger partial charge in [0.15, 0.2) is 5.16 Å². The number of halogens is 1. The normalized spacial score (nSPS) is 11.8. The van der Waals surface area contributed by atoms with Crippen LogP contribution in [0.25, 0.3) is 0 Å². The molecule has 0 aliphatic heterocycles. The van der Waals surface area contributed by atoms with Crippen molar-refractivity contribution in [3.05, 3.63) is 81.6 Å². The average Bonchev–Trinajstić information content (AvgIpc) is 2.69. The number of nitrogens with one attached hydrogen (secondary N) is 1. The Morgan fingerprint density at radius 3 is 2.62 bits per heavy atom. The van der Waals surface area contributed by atoms with Gasteiger partial charge in [-0.15, -0.1) is 0 Å². The molecule has 0 fully saturated rings. The van der Waals surface area contributed by atoms with Gasteiger partial charge in [-0.25, -0.2) is 0 Å². The Kier molecular flexibility index (Phi) is 6.95. The monoisotopic (exact) mass is 428 g/mol. The minimum absolute atomic E-state index is 0.241. The number of hydrogen-bond donors (Lipinski definition) is 2. The number of para-hydroxylation sites is 1. The van der Waals surface area contributed by atoms with E-state index in [0.717, 1.165) is 12.0 Å². The van der Waals surface area contributed by atoms with Gasteiger partial charge in [0.05, 0.1) is 16.0 Å². The third kappa shape index (κ3) is 5.62. The van der Waals surface area contributed by atoms with Crippen molar-refractivity contribution in [3.8, 4) is 0 Å². The standard InChI is InChI=1S/C21H21ClN4O2S/c1-14(20(28)24-17-10-6-5-9-16(17)22)29-21-25-19(27)13-18(23)26(21)12-11-15-7-3-2-4-8-15/h2-10,13-14H,11-12,23H2,1H3,(H,24,28). The molecule has 1 amide bonds. The first kappa shape index (κ1) is 21.0. The number of aryl methyl sites for hydroxylation is 1. The number of nitrogens with zero attached hydrogens (tertiary/aromatic N) is 2. The Morgan fingerprint density at radius 1 is 1.21 bits per heavy atom. The number of benzene rings is 2. The van der Waals surface area contributed by atoms with Gasteiger partial charge < -0.3 is 15.6 Å². The van der Waals surface area contributed by atoms with Crippen LogP contribution in [0.15, 0.2) is 70.6 Å². The Labute approximate surface area is 178 Å². The molecule has 0 saturated carbocycles. The fourth-order valence-corrected chi connectivity index (χ4v) is 3.84. The maximum absolute atomic E-state index is 12.6. The quantitative estimate of drug-likeness (QED) is 0.440. The molecule has 0 aliphatic rings. The summed E-state index contributed by atoms with van der Waals surface area (Å²) in [6.07, 6.45) is 0.726. The topological polar surface area (TPSA) is 90.0 Å². The van der Waals surface area contributed by atoms with Crippen LogP contribution in [0.2, 0.25) is 5.02 Å². The molecule has 2 aromatic carbocycles. The number of rotatable bonds is 7. The molecule has 6 nitrogen and oxygen atoms in total. The van der Waals surface area contributed by atoms with Crippen LogP contribution in [0.4, 0.5) is 11.5 Å². The molecule has 0 radical (unpaired) electrons. The third-order valence-electron chi connectivity index (χ3n) is 4.27. The predicted octanol–water partition coefficient (Wildman–Crippen LogP) is 3.84.